The molecule has 0 aliphatic heterocycles. The van der Waals surface area contributed by atoms with Crippen LogP contribution in [0, 0.1) is 13.8 Å². The number of hydrogen-bond acceptors (Lipinski definition) is 4. The first-order valence-electron chi connectivity index (χ1n) is 9.40. The molecule has 1 amide bonds. The average Bonchev–Trinajstić information content (AvgIpc) is 2.70. The Kier molecular flexibility index (Phi) is 6.30. The third-order valence-corrected chi connectivity index (χ3v) is 6.39. The summed E-state index contributed by atoms with van der Waals surface area (Å²) in [6, 6.07) is 15.1. The van der Waals surface area contributed by atoms with Crippen LogP contribution in [0.25, 0.3) is 10.9 Å². The van der Waals surface area contributed by atoms with Crippen molar-refractivity contribution in [2.75, 3.05) is 7.05 Å². The fourth-order valence-corrected chi connectivity index (χ4v) is 4.23. The number of aromatic nitrogens is 1. The van der Waals surface area contributed by atoms with E-state index in [1.54, 1.807) is 12.1 Å². The summed E-state index contributed by atoms with van der Waals surface area (Å²) in [7, 11) is -1.99. The van der Waals surface area contributed by atoms with Crippen molar-refractivity contribution in [2.24, 2.45) is 0 Å². The van der Waals surface area contributed by atoms with Gasteiger partial charge >= 0.3 is 0 Å². The van der Waals surface area contributed by atoms with Gasteiger partial charge in [-0.1, -0.05) is 42.5 Å². The van der Waals surface area contributed by atoms with Crippen molar-refractivity contribution >= 4 is 26.8 Å². The van der Waals surface area contributed by atoms with Gasteiger partial charge < -0.3 is 5.32 Å². The van der Waals surface area contributed by atoms with E-state index < -0.39 is 10.0 Å². The number of amides is 1. The van der Waals surface area contributed by atoms with Crippen molar-refractivity contribution in [3.63, 3.8) is 0 Å². The highest BCUT2D eigenvalue weighted by molar-refractivity contribution is 7.88. The minimum absolute atomic E-state index is 0.123. The highest BCUT2D eigenvalue weighted by Gasteiger charge is 2.15. The zero-order chi connectivity index (χ0) is 21.0. The molecule has 0 bridgehead atoms. The summed E-state index contributed by atoms with van der Waals surface area (Å²) < 4.78 is 26.1. The molecule has 2 N–H and O–H groups in total. The molecule has 3 rings (SSSR count). The Hall–Kier alpha value is -2.77. The maximum Gasteiger partial charge on any atom is 0.224 e. The maximum atomic E-state index is 12.6. The van der Waals surface area contributed by atoms with Crippen LogP contribution in [-0.2, 0) is 33.5 Å². The van der Waals surface area contributed by atoms with Crippen LogP contribution < -0.4 is 10.0 Å². The summed E-state index contributed by atoms with van der Waals surface area (Å²) in [5.41, 5.74) is 5.20. The molecule has 6 nitrogen and oxygen atoms in total. The van der Waals surface area contributed by atoms with Gasteiger partial charge in [0.1, 0.15) is 0 Å². The lowest BCUT2D eigenvalue weighted by molar-refractivity contribution is -0.120. The van der Waals surface area contributed by atoms with E-state index in [0.717, 1.165) is 33.3 Å². The molecule has 0 spiro atoms. The molecule has 0 aliphatic rings. The molecule has 0 atom stereocenters. The van der Waals surface area contributed by atoms with Gasteiger partial charge in [-0.25, -0.2) is 13.1 Å². The van der Waals surface area contributed by atoms with Crippen LogP contribution in [0.3, 0.4) is 0 Å². The van der Waals surface area contributed by atoms with Gasteiger partial charge in [0.25, 0.3) is 0 Å². The van der Waals surface area contributed by atoms with Crippen molar-refractivity contribution in [1.82, 2.24) is 15.0 Å². The molecule has 0 radical (unpaired) electrons. The van der Waals surface area contributed by atoms with Gasteiger partial charge in [0.15, 0.2) is 0 Å². The number of nitrogens with zero attached hydrogens (tertiary/aromatic N) is 1. The van der Waals surface area contributed by atoms with Crippen LogP contribution in [0.2, 0.25) is 0 Å². The molecule has 3 aromatic rings. The third-order valence-electron chi connectivity index (χ3n) is 5.07. The van der Waals surface area contributed by atoms with Crippen molar-refractivity contribution in [3.8, 4) is 0 Å². The van der Waals surface area contributed by atoms with Crippen molar-refractivity contribution in [2.45, 2.75) is 32.6 Å². The Balaban J connectivity index is 1.74. The predicted molar refractivity (Wildman–Crippen MR) is 115 cm³/mol. The topological polar surface area (TPSA) is 88.2 Å². The first-order chi connectivity index (χ1) is 13.8. The van der Waals surface area contributed by atoms with Gasteiger partial charge in [-0.15, -0.1) is 0 Å². The zero-order valence-corrected chi connectivity index (χ0v) is 17.6. The Labute approximate surface area is 171 Å². The summed E-state index contributed by atoms with van der Waals surface area (Å²) in [5.74, 6) is -0.248. The van der Waals surface area contributed by atoms with Crippen LogP contribution in [0.5, 0.6) is 0 Å². The molecule has 152 valence electrons. The van der Waals surface area contributed by atoms with Crippen molar-refractivity contribution in [3.05, 3.63) is 76.5 Å². The number of benzene rings is 2. The summed E-state index contributed by atoms with van der Waals surface area (Å²) in [6.45, 7) is 4.20. The number of aryl methyl sites for hydroxylation is 2. The summed E-state index contributed by atoms with van der Waals surface area (Å²) >= 11 is 0. The molecule has 7 heteroatoms. The SMILES string of the molecule is CNS(=O)(=O)Cc1ccccc1CNC(=O)Cc1c(C)nc2ccccc2c1C. The molecule has 1 aromatic heterocycles. The molecule has 0 unspecified atom stereocenters. The lowest BCUT2D eigenvalue weighted by Crippen LogP contribution is -2.27. The second-order valence-corrected chi connectivity index (χ2v) is 8.93. The summed E-state index contributed by atoms with van der Waals surface area (Å²) in [4.78, 5) is 17.2. The first kappa shape index (κ1) is 21.0. The number of carbonyl (C=O) groups excluding carboxylic acids is 1. The number of carbonyl (C=O) groups is 1. The van der Waals surface area contributed by atoms with Crippen LogP contribution >= 0.6 is 0 Å². The van der Waals surface area contributed by atoms with E-state index in [2.05, 4.69) is 15.0 Å². The normalized spacial score (nSPS) is 11.6. The molecular weight excluding hydrogens is 386 g/mol. The number of rotatable bonds is 7. The average molecular weight is 412 g/mol. The van der Waals surface area contributed by atoms with Gasteiger partial charge in [-0.3, -0.25) is 9.78 Å². The van der Waals surface area contributed by atoms with E-state index in [4.69, 9.17) is 0 Å². The van der Waals surface area contributed by atoms with Crippen molar-refractivity contribution in [1.29, 1.82) is 0 Å². The molecule has 0 fully saturated rings. The molecular formula is C22H25N3O3S. The largest absolute Gasteiger partial charge is 0.352 e. The molecule has 0 saturated carbocycles. The van der Waals surface area contributed by atoms with Crippen LogP contribution in [-0.4, -0.2) is 26.4 Å². The molecule has 0 saturated heterocycles. The number of fused-ring (bicyclic) bond motifs is 1. The van der Waals surface area contributed by atoms with E-state index in [9.17, 15) is 13.2 Å². The fourth-order valence-electron chi connectivity index (χ4n) is 3.40. The second-order valence-electron chi connectivity index (χ2n) is 7.00. The maximum absolute atomic E-state index is 12.6. The monoisotopic (exact) mass is 411 g/mol. The van der Waals surface area contributed by atoms with Crippen LogP contribution in [0.4, 0.5) is 0 Å². The number of sulfonamides is 1. The van der Waals surface area contributed by atoms with E-state index in [1.807, 2.05) is 50.2 Å². The van der Waals surface area contributed by atoms with E-state index in [1.165, 1.54) is 7.05 Å². The third kappa shape index (κ3) is 4.99. The van der Waals surface area contributed by atoms with Gasteiger partial charge in [0.2, 0.25) is 15.9 Å². The van der Waals surface area contributed by atoms with E-state index in [0.29, 0.717) is 5.56 Å². The standard InChI is InChI=1S/C22H25N3O3S/c1-15-19-10-6-7-11-21(19)25-16(2)20(15)12-22(26)24-13-17-8-4-5-9-18(17)14-29(27,28)23-3/h4-11,23H,12-14H2,1-3H3,(H,24,26). The summed E-state index contributed by atoms with van der Waals surface area (Å²) in [6.07, 6.45) is 0.229. The highest BCUT2D eigenvalue weighted by Crippen LogP contribution is 2.23. The fraction of sp³-hybridized carbons (Fsp3) is 0.273. The highest BCUT2D eigenvalue weighted by atomic mass is 32.2. The second kappa shape index (κ2) is 8.71. The molecule has 2 aromatic carbocycles. The Morgan fingerprint density at radius 1 is 1.00 bits per heavy atom. The number of hydrogen-bond donors (Lipinski definition) is 2. The molecule has 0 aliphatic carbocycles. The van der Waals surface area contributed by atoms with Gasteiger partial charge in [-0.05, 0) is 49.2 Å². The Morgan fingerprint density at radius 2 is 1.66 bits per heavy atom. The first-order valence-corrected chi connectivity index (χ1v) is 11.1. The number of pyridine rings is 1. The Morgan fingerprint density at radius 3 is 2.38 bits per heavy atom. The predicted octanol–water partition coefficient (Wildman–Crippen LogP) is 2.76. The van der Waals surface area contributed by atoms with E-state index >= 15 is 0 Å². The van der Waals surface area contributed by atoms with E-state index in [-0.39, 0.29) is 24.6 Å². The molecule has 29 heavy (non-hydrogen) atoms. The smallest absolute Gasteiger partial charge is 0.224 e. The van der Waals surface area contributed by atoms with Crippen LogP contribution in [0.15, 0.2) is 48.5 Å². The van der Waals surface area contributed by atoms with Gasteiger partial charge in [0, 0.05) is 17.6 Å². The van der Waals surface area contributed by atoms with Crippen LogP contribution in [0.1, 0.15) is 27.9 Å². The van der Waals surface area contributed by atoms with Gasteiger partial charge in [-0.2, -0.15) is 0 Å². The van der Waals surface area contributed by atoms with Gasteiger partial charge in [0.05, 0.1) is 17.7 Å². The lowest BCUT2D eigenvalue weighted by atomic mass is 9.99. The minimum atomic E-state index is -3.39. The minimum Gasteiger partial charge on any atom is -0.352 e. The summed E-state index contributed by atoms with van der Waals surface area (Å²) in [5, 5.41) is 3.96. The number of nitrogens with one attached hydrogen (secondary N) is 2. The molecule has 1 heterocycles. The lowest BCUT2D eigenvalue weighted by Gasteiger charge is -2.14. The number of para-hydroxylation sites is 1. The zero-order valence-electron chi connectivity index (χ0n) is 16.8. The quantitative estimate of drug-likeness (QED) is 0.626. The Bertz CT molecular complexity index is 1160. The van der Waals surface area contributed by atoms with Crippen molar-refractivity contribution < 1.29 is 13.2 Å².